The summed E-state index contributed by atoms with van der Waals surface area (Å²) < 4.78 is 71.5. The number of benzene rings is 2. The first-order valence-corrected chi connectivity index (χ1v) is 23.1. The molecule has 374 valence electrons. The number of alkyl carbamates (subject to hydrolysis) is 1. The number of amides is 2. The predicted molar refractivity (Wildman–Crippen MR) is 242 cm³/mol. The van der Waals surface area contributed by atoms with Crippen molar-refractivity contribution >= 4 is 18.0 Å². The van der Waals surface area contributed by atoms with Gasteiger partial charge in [0.05, 0.1) is 152 Å². The molecule has 1 aliphatic rings. The molecule has 1 aliphatic carbocycles. The second-order valence-electron chi connectivity index (χ2n) is 14.6. The van der Waals surface area contributed by atoms with Gasteiger partial charge in [-0.15, -0.1) is 0 Å². The van der Waals surface area contributed by atoms with E-state index in [4.69, 9.17) is 66.7 Å². The molecule has 0 spiro atoms. The molecule has 0 aromatic heterocycles. The van der Waals surface area contributed by atoms with E-state index in [-0.39, 0.29) is 24.7 Å². The number of aliphatic carboxylic acids is 1. The van der Waals surface area contributed by atoms with Gasteiger partial charge in [0.25, 0.3) is 0 Å². The van der Waals surface area contributed by atoms with Crippen LogP contribution in [0.2, 0.25) is 0 Å². The van der Waals surface area contributed by atoms with Crippen molar-refractivity contribution in [1.82, 2.24) is 10.6 Å². The van der Waals surface area contributed by atoms with Crippen molar-refractivity contribution < 1.29 is 81.1 Å². The summed E-state index contributed by atoms with van der Waals surface area (Å²) in [7, 11) is 0. The molecular formula is C47H74N2O17. The summed E-state index contributed by atoms with van der Waals surface area (Å²) >= 11 is 0. The van der Waals surface area contributed by atoms with E-state index < -0.39 is 12.1 Å². The van der Waals surface area contributed by atoms with Crippen molar-refractivity contribution in [3.05, 3.63) is 59.7 Å². The highest BCUT2D eigenvalue weighted by Gasteiger charge is 2.29. The van der Waals surface area contributed by atoms with Crippen LogP contribution in [-0.2, 0) is 71.2 Å². The van der Waals surface area contributed by atoms with Crippen molar-refractivity contribution in [2.45, 2.75) is 31.6 Å². The molecule has 0 atom stereocenters. The Morgan fingerprint density at radius 2 is 0.712 bits per heavy atom. The number of rotatable bonds is 46. The van der Waals surface area contributed by atoms with Gasteiger partial charge in [-0.05, 0) is 35.1 Å². The lowest BCUT2D eigenvalue weighted by molar-refractivity contribution is -0.138. The van der Waals surface area contributed by atoms with Crippen molar-refractivity contribution in [3.8, 4) is 11.1 Å². The van der Waals surface area contributed by atoms with Crippen molar-refractivity contribution in [1.29, 1.82) is 0 Å². The zero-order valence-electron chi connectivity index (χ0n) is 38.6. The maximum atomic E-state index is 12.3. The molecule has 0 radical (unpaired) electrons. The molecule has 2 aromatic rings. The summed E-state index contributed by atoms with van der Waals surface area (Å²) in [6.45, 7) is 12.5. The number of hydrogen-bond acceptors (Lipinski definition) is 16. The molecule has 0 aliphatic heterocycles. The third-order valence-corrected chi connectivity index (χ3v) is 9.52. The van der Waals surface area contributed by atoms with Crippen LogP contribution < -0.4 is 10.6 Å². The Balaban J connectivity index is 0.905. The van der Waals surface area contributed by atoms with Crippen LogP contribution in [-0.4, -0.2) is 201 Å². The van der Waals surface area contributed by atoms with E-state index in [1.807, 2.05) is 24.3 Å². The normalized spacial score (nSPS) is 12.0. The van der Waals surface area contributed by atoms with E-state index in [2.05, 4.69) is 34.9 Å². The number of nitrogens with one attached hydrogen (secondary N) is 2. The maximum absolute atomic E-state index is 12.3. The molecule has 0 saturated heterocycles. The zero-order valence-corrected chi connectivity index (χ0v) is 38.6. The van der Waals surface area contributed by atoms with Gasteiger partial charge in [0.1, 0.15) is 6.61 Å². The SMILES string of the molecule is O=C(O)CCC(=O)NCCCOCCOCCOCCOCCOCCOCCOCCOCCOCCOCCOCCOCCCNC(=O)OCC1c2ccccc2-c2ccccc21. The second-order valence-corrected chi connectivity index (χ2v) is 14.6. The van der Waals surface area contributed by atoms with Gasteiger partial charge in [0, 0.05) is 38.6 Å². The smallest absolute Gasteiger partial charge is 0.407 e. The molecule has 2 aromatic carbocycles. The van der Waals surface area contributed by atoms with Crippen LogP contribution in [0.3, 0.4) is 0 Å². The van der Waals surface area contributed by atoms with Crippen LogP contribution in [0, 0.1) is 0 Å². The van der Waals surface area contributed by atoms with E-state index in [1.54, 1.807) is 0 Å². The lowest BCUT2D eigenvalue weighted by atomic mass is 9.98. The monoisotopic (exact) mass is 938 g/mol. The molecule has 0 fully saturated rings. The summed E-state index contributed by atoms with van der Waals surface area (Å²) in [5.41, 5.74) is 4.78. The first-order valence-electron chi connectivity index (χ1n) is 23.1. The highest BCUT2D eigenvalue weighted by atomic mass is 16.6. The standard InChI is InChI=1S/C47H74N2O17/c50-45(11-12-46(51)52)48-13-5-15-54-17-19-56-21-23-58-25-27-60-29-31-62-33-35-64-37-38-65-36-34-63-32-30-61-28-26-59-24-22-57-20-18-55-16-6-14-49-47(53)66-39-44-42-9-3-1-7-40(42)41-8-2-4-10-43(41)44/h1-4,7-10,44H,5-6,11-39H2,(H,48,50)(H,49,53)(H,51,52). The van der Waals surface area contributed by atoms with Crippen LogP contribution >= 0.6 is 0 Å². The fourth-order valence-corrected chi connectivity index (χ4v) is 6.25. The van der Waals surface area contributed by atoms with Crippen LogP contribution in [0.5, 0.6) is 0 Å². The summed E-state index contributed by atoms with van der Waals surface area (Å²) in [6.07, 6.45) is 0.713. The zero-order chi connectivity index (χ0) is 46.8. The Morgan fingerprint density at radius 1 is 0.409 bits per heavy atom. The van der Waals surface area contributed by atoms with Crippen LogP contribution in [0.25, 0.3) is 11.1 Å². The van der Waals surface area contributed by atoms with E-state index in [0.29, 0.717) is 191 Å². The number of fused-ring (bicyclic) bond motifs is 3. The van der Waals surface area contributed by atoms with E-state index in [1.165, 1.54) is 22.3 Å². The Labute approximate surface area is 389 Å². The third kappa shape index (κ3) is 29.0. The average molecular weight is 939 g/mol. The Kier molecular flexibility index (Phi) is 34.5. The Bertz CT molecular complexity index is 1480. The minimum atomic E-state index is -0.987. The number of carboxylic acid groups (broad SMARTS) is 1. The fraction of sp³-hybridized carbons (Fsp3) is 0.681. The maximum Gasteiger partial charge on any atom is 0.407 e. The van der Waals surface area contributed by atoms with Gasteiger partial charge in [-0.25, -0.2) is 4.79 Å². The molecule has 19 nitrogen and oxygen atoms in total. The van der Waals surface area contributed by atoms with E-state index >= 15 is 0 Å². The molecule has 0 bridgehead atoms. The van der Waals surface area contributed by atoms with Gasteiger partial charge in [-0.3, -0.25) is 9.59 Å². The summed E-state index contributed by atoms with van der Waals surface area (Å²) in [5.74, 6) is -1.22. The lowest BCUT2D eigenvalue weighted by Gasteiger charge is -2.14. The minimum absolute atomic E-state index is 0.0157. The highest BCUT2D eigenvalue weighted by Crippen LogP contribution is 2.44. The topological polar surface area (TPSA) is 215 Å². The molecule has 0 heterocycles. The van der Waals surface area contributed by atoms with Gasteiger partial charge < -0.3 is 77.3 Å². The first kappa shape index (κ1) is 56.5. The summed E-state index contributed by atoms with van der Waals surface area (Å²) in [4.78, 5) is 34.1. The molecule has 3 rings (SSSR count). The first-order chi connectivity index (χ1) is 32.6. The Morgan fingerprint density at radius 3 is 1.05 bits per heavy atom. The predicted octanol–water partition coefficient (Wildman–Crippen LogP) is 3.49. The number of carbonyl (C=O) groups excluding carboxylic acids is 2. The number of hydrogen-bond donors (Lipinski definition) is 3. The van der Waals surface area contributed by atoms with Crippen LogP contribution in [0.1, 0.15) is 42.7 Å². The van der Waals surface area contributed by atoms with Crippen LogP contribution in [0.4, 0.5) is 4.79 Å². The molecule has 3 N–H and O–H groups in total. The number of carboxylic acids is 1. The molecule has 19 heteroatoms. The minimum Gasteiger partial charge on any atom is -0.481 e. The van der Waals surface area contributed by atoms with Gasteiger partial charge >= 0.3 is 12.1 Å². The summed E-state index contributed by atoms with van der Waals surface area (Å²) in [5, 5.41) is 14.0. The molecule has 0 unspecified atom stereocenters. The van der Waals surface area contributed by atoms with E-state index in [0.717, 1.165) is 0 Å². The third-order valence-electron chi connectivity index (χ3n) is 9.52. The summed E-state index contributed by atoms with van der Waals surface area (Å²) in [6, 6.07) is 16.5. The van der Waals surface area contributed by atoms with Crippen molar-refractivity contribution in [2.75, 3.05) is 178 Å². The second kappa shape index (κ2) is 40.3. The van der Waals surface area contributed by atoms with Gasteiger partial charge in [0.15, 0.2) is 0 Å². The molecular weight excluding hydrogens is 865 g/mol. The van der Waals surface area contributed by atoms with Gasteiger partial charge in [-0.2, -0.15) is 0 Å². The Hall–Kier alpha value is -3.83. The van der Waals surface area contributed by atoms with Crippen molar-refractivity contribution in [3.63, 3.8) is 0 Å². The average Bonchev–Trinajstić information content (AvgIpc) is 3.65. The lowest BCUT2D eigenvalue weighted by Crippen LogP contribution is -2.27. The number of ether oxygens (including phenoxy) is 13. The van der Waals surface area contributed by atoms with Crippen LogP contribution in [0.15, 0.2) is 48.5 Å². The van der Waals surface area contributed by atoms with E-state index in [9.17, 15) is 14.4 Å². The van der Waals surface area contributed by atoms with Crippen molar-refractivity contribution in [2.24, 2.45) is 0 Å². The van der Waals surface area contributed by atoms with Gasteiger partial charge in [0.2, 0.25) is 5.91 Å². The quantitative estimate of drug-likeness (QED) is 0.0811. The molecule has 0 saturated carbocycles. The number of carbonyl (C=O) groups is 3. The molecule has 66 heavy (non-hydrogen) atoms. The fourth-order valence-electron chi connectivity index (χ4n) is 6.25. The molecule has 2 amide bonds. The highest BCUT2D eigenvalue weighted by molar-refractivity contribution is 5.80. The largest absolute Gasteiger partial charge is 0.481 e. The van der Waals surface area contributed by atoms with Gasteiger partial charge in [-0.1, -0.05) is 48.5 Å².